The van der Waals surface area contributed by atoms with E-state index in [1.807, 2.05) is 6.92 Å². The number of pyridine rings is 1. The summed E-state index contributed by atoms with van der Waals surface area (Å²) in [5.41, 5.74) is 12.0. The molecule has 3 nitrogen and oxygen atoms in total. The zero-order chi connectivity index (χ0) is 14.4. The number of benzene rings is 1. The van der Waals surface area contributed by atoms with Gasteiger partial charge in [-0.2, -0.15) is 0 Å². The van der Waals surface area contributed by atoms with Gasteiger partial charge in [-0.15, -0.1) is 0 Å². The molecule has 3 aromatic rings. The van der Waals surface area contributed by atoms with Crippen molar-refractivity contribution in [2.24, 2.45) is 0 Å². The van der Waals surface area contributed by atoms with Crippen molar-refractivity contribution in [3.05, 3.63) is 53.0 Å². The highest BCUT2D eigenvalue weighted by Gasteiger charge is 2.14. The van der Waals surface area contributed by atoms with E-state index in [2.05, 4.69) is 31.0 Å². The van der Waals surface area contributed by atoms with E-state index in [0.29, 0.717) is 17.2 Å². The Morgan fingerprint density at radius 1 is 1.05 bits per heavy atom. The molecule has 0 spiro atoms. The van der Waals surface area contributed by atoms with E-state index in [1.165, 1.54) is 23.4 Å². The number of nitrogen functional groups attached to an aromatic ring is 1. The average molecular weight is 269 g/mol. The smallest absolute Gasteiger partial charge is 0.140 e. The Morgan fingerprint density at radius 3 is 2.50 bits per heavy atom. The van der Waals surface area contributed by atoms with Crippen LogP contribution in [-0.2, 0) is 0 Å². The number of fused-ring (bicyclic) bond motifs is 1. The van der Waals surface area contributed by atoms with Gasteiger partial charge in [0, 0.05) is 11.8 Å². The normalized spacial score (nSPS) is 11.2. The Balaban J connectivity index is 2.30. The SMILES string of the molecule is Cc1cc(C)c(-c2nc3ccc(F)cn3c2N)cc1C. The number of halogens is 1. The van der Waals surface area contributed by atoms with Crippen LogP contribution in [0.5, 0.6) is 0 Å². The van der Waals surface area contributed by atoms with Crippen molar-refractivity contribution in [3.8, 4) is 11.3 Å². The summed E-state index contributed by atoms with van der Waals surface area (Å²) in [4.78, 5) is 4.53. The predicted molar refractivity (Wildman–Crippen MR) is 79.2 cm³/mol. The highest BCUT2D eigenvalue weighted by Crippen LogP contribution is 2.31. The largest absolute Gasteiger partial charge is 0.383 e. The molecule has 0 aliphatic heterocycles. The van der Waals surface area contributed by atoms with E-state index in [9.17, 15) is 4.39 Å². The second kappa shape index (κ2) is 4.34. The van der Waals surface area contributed by atoms with Crippen molar-refractivity contribution in [2.75, 3.05) is 5.73 Å². The maximum absolute atomic E-state index is 13.3. The Bertz CT molecular complexity index is 818. The van der Waals surface area contributed by atoms with Gasteiger partial charge in [-0.05, 0) is 55.7 Å². The number of rotatable bonds is 1. The van der Waals surface area contributed by atoms with Crippen LogP contribution in [0.25, 0.3) is 16.9 Å². The van der Waals surface area contributed by atoms with Crippen LogP contribution in [0.3, 0.4) is 0 Å². The average Bonchev–Trinajstić information content (AvgIpc) is 2.71. The van der Waals surface area contributed by atoms with Crippen molar-refractivity contribution >= 4 is 11.5 Å². The number of imidazole rings is 1. The summed E-state index contributed by atoms with van der Waals surface area (Å²) in [5.74, 6) is 0.135. The molecule has 0 saturated heterocycles. The van der Waals surface area contributed by atoms with E-state index in [4.69, 9.17) is 5.73 Å². The maximum Gasteiger partial charge on any atom is 0.140 e. The van der Waals surface area contributed by atoms with E-state index in [1.54, 1.807) is 10.5 Å². The van der Waals surface area contributed by atoms with E-state index in [-0.39, 0.29) is 5.82 Å². The van der Waals surface area contributed by atoms with E-state index < -0.39 is 0 Å². The summed E-state index contributed by atoms with van der Waals surface area (Å²) < 4.78 is 14.9. The minimum absolute atomic E-state index is 0.329. The fourth-order valence-electron chi connectivity index (χ4n) is 2.45. The van der Waals surface area contributed by atoms with Crippen LogP contribution in [0.15, 0.2) is 30.5 Å². The lowest BCUT2D eigenvalue weighted by molar-refractivity contribution is 0.619. The Morgan fingerprint density at radius 2 is 1.75 bits per heavy atom. The summed E-state index contributed by atoms with van der Waals surface area (Å²) in [7, 11) is 0. The van der Waals surface area contributed by atoms with Crippen molar-refractivity contribution in [1.29, 1.82) is 0 Å². The second-order valence-electron chi connectivity index (χ2n) is 5.17. The van der Waals surface area contributed by atoms with Crippen molar-refractivity contribution in [3.63, 3.8) is 0 Å². The molecule has 0 aliphatic rings. The van der Waals surface area contributed by atoms with Crippen LogP contribution in [0.2, 0.25) is 0 Å². The molecular formula is C16H16FN3. The lowest BCUT2D eigenvalue weighted by Crippen LogP contribution is -1.96. The third-order valence-electron chi connectivity index (χ3n) is 3.72. The molecule has 0 unspecified atom stereocenters. The van der Waals surface area contributed by atoms with Crippen LogP contribution >= 0.6 is 0 Å². The van der Waals surface area contributed by atoms with Crippen molar-refractivity contribution in [1.82, 2.24) is 9.38 Å². The molecule has 0 aliphatic carbocycles. The Labute approximate surface area is 116 Å². The van der Waals surface area contributed by atoms with Crippen LogP contribution in [0.1, 0.15) is 16.7 Å². The summed E-state index contributed by atoms with van der Waals surface area (Å²) >= 11 is 0. The molecule has 20 heavy (non-hydrogen) atoms. The second-order valence-corrected chi connectivity index (χ2v) is 5.17. The van der Waals surface area contributed by atoms with Gasteiger partial charge in [0.1, 0.15) is 23.0 Å². The first-order chi connectivity index (χ1) is 9.47. The first-order valence-corrected chi connectivity index (χ1v) is 6.48. The van der Waals surface area contributed by atoms with Crippen LogP contribution < -0.4 is 5.73 Å². The Kier molecular flexibility index (Phi) is 2.74. The van der Waals surface area contributed by atoms with Crippen molar-refractivity contribution in [2.45, 2.75) is 20.8 Å². The molecule has 4 heteroatoms. The molecule has 1 aromatic carbocycles. The van der Waals surface area contributed by atoms with Crippen LogP contribution in [0, 0.1) is 26.6 Å². The fraction of sp³-hybridized carbons (Fsp3) is 0.188. The summed E-state index contributed by atoms with van der Waals surface area (Å²) in [6.07, 6.45) is 1.36. The van der Waals surface area contributed by atoms with Gasteiger partial charge in [0.25, 0.3) is 0 Å². The number of hydrogen-bond acceptors (Lipinski definition) is 2. The minimum Gasteiger partial charge on any atom is -0.383 e. The Hall–Kier alpha value is -2.36. The summed E-state index contributed by atoms with van der Waals surface area (Å²) in [6, 6.07) is 7.22. The van der Waals surface area contributed by atoms with Gasteiger partial charge in [-0.3, -0.25) is 4.40 Å². The van der Waals surface area contributed by atoms with E-state index >= 15 is 0 Å². The number of nitrogens with zero attached hydrogens (tertiary/aromatic N) is 2. The number of aromatic nitrogens is 2. The molecule has 0 fully saturated rings. The molecule has 0 atom stereocenters. The molecule has 2 aromatic heterocycles. The van der Waals surface area contributed by atoms with Crippen molar-refractivity contribution < 1.29 is 4.39 Å². The molecule has 3 rings (SSSR count). The predicted octanol–water partition coefficient (Wildman–Crippen LogP) is 3.65. The molecule has 2 heterocycles. The number of anilines is 1. The topological polar surface area (TPSA) is 43.3 Å². The van der Waals surface area contributed by atoms with Gasteiger partial charge < -0.3 is 5.73 Å². The number of aryl methyl sites for hydroxylation is 3. The molecule has 2 N–H and O–H groups in total. The van der Waals surface area contributed by atoms with Gasteiger partial charge >= 0.3 is 0 Å². The standard InChI is InChI=1S/C16H16FN3/c1-9-6-11(3)13(7-10(9)2)15-16(18)20-8-12(17)4-5-14(20)19-15/h4-8H,18H2,1-3H3. The highest BCUT2D eigenvalue weighted by molar-refractivity contribution is 5.77. The van der Waals surface area contributed by atoms with Gasteiger partial charge in [0.15, 0.2) is 0 Å². The summed E-state index contributed by atoms with van der Waals surface area (Å²) in [5, 5.41) is 0. The van der Waals surface area contributed by atoms with Gasteiger partial charge in [0.2, 0.25) is 0 Å². The van der Waals surface area contributed by atoms with Crippen LogP contribution in [-0.4, -0.2) is 9.38 Å². The zero-order valence-corrected chi connectivity index (χ0v) is 11.7. The monoisotopic (exact) mass is 269 g/mol. The minimum atomic E-state index is -0.329. The quantitative estimate of drug-likeness (QED) is 0.732. The molecule has 0 bridgehead atoms. The molecular weight excluding hydrogens is 253 g/mol. The first-order valence-electron chi connectivity index (χ1n) is 6.48. The van der Waals surface area contributed by atoms with Crippen LogP contribution in [0.4, 0.5) is 10.2 Å². The number of hydrogen-bond donors (Lipinski definition) is 1. The molecule has 0 radical (unpaired) electrons. The van der Waals surface area contributed by atoms with E-state index in [0.717, 1.165) is 11.1 Å². The lowest BCUT2D eigenvalue weighted by atomic mass is 9.99. The third-order valence-corrected chi connectivity index (χ3v) is 3.72. The van der Waals surface area contributed by atoms with Gasteiger partial charge in [0.05, 0.1) is 0 Å². The lowest BCUT2D eigenvalue weighted by Gasteiger charge is -2.08. The molecule has 0 saturated carbocycles. The summed E-state index contributed by atoms with van der Waals surface area (Å²) in [6.45, 7) is 6.17. The highest BCUT2D eigenvalue weighted by atomic mass is 19.1. The first kappa shape index (κ1) is 12.7. The molecule has 102 valence electrons. The number of nitrogens with two attached hydrogens (primary N) is 1. The third kappa shape index (κ3) is 1.84. The zero-order valence-electron chi connectivity index (χ0n) is 11.7. The maximum atomic E-state index is 13.3. The van der Waals surface area contributed by atoms with Gasteiger partial charge in [-0.1, -0.05) is 6.07 Å². The van der Waals surface area contributed by atoms with Gasteiger partial charge in [-0.25, -0.2) is 9.37 Å². The molecule has 0 amide bonds. The fourth-order valence-corrected chi connectivity index (χ4v) is 2.45.